The Labute approximate surface area is 154 Å². The lowest BCUT2D eigenvalue weighted by molar-refractivity contribution is -0.169. The summed E-state index contributed by atoms with van der Waals surface area (Å²) in [7, 11) is -2.93. The first-order valence-corrected chi connectivity index (χ1v) is 11.2. The fourth-order valence-electron chi connectivity index (χ4n) is 4.11. The van der Waals surface area contributed by atoms with Crippen LogP contribution in [0.5, 0.6) is 0 Å². The minimum absolute atomic E-state index is 0.00216. The van der Waals surface area contributed by atoms with Crippen molar-refractivity contribution in [1.29, 1.82) is 0 Å². The summed E-state index contributed by atoms with van der Waals surface area (Å²) in [6.07, 6.45) is 4.03. The zero-order chi connectivity index (χ0) is 18.2. The number of ether oxygens (including phenoxy) is 2. The fourth-order valence-corrected chi connectivity index (χ4v) is 5.84. The molecule has 3 aliphatic heterocycles. The molecule has 0 bridgehead atoms. The van der Waals surface area contributed by atoms with E-state index in [-0.39, 0.29) is 17.5 Å². The first-order chi connectivity index (χ1) is 12.5. The highest BCUT2D eigenvalue weighted by molar-refractivity contribution is 7.91. The van der Waals surface area contributed by atoms with Gasteiger partial charge in [0.2, 0.25) is 5.95 Å². The molecule has 0 aliphatic carbocycles. The van der Waals surface area contributed by atoms with Crippen molar-refractivity contribution in [2.75, 3.05) is 54.2 Å². The molecular weight excluding hydrogens is 356 g/mol. The standard InChI is InChI=1S/C17H26N4O4S/c1-2-21(14-4-12-26(22,23)13-14)15-3-7-18-16(19-15)20-8-5-17(6-9-20)24-10-11-25-17/h3,7,14H,2,4-6,8-13H2,1H3. The van der Waals surface area contributed by atoms with Gasteiger partial charge in [0, 0.05) is 44.7 Å². The lowest BCUT2D eigenvalue weighted by atomic mass is 10.0. The summed E-state index contributed by atoms with van der Waals surface area (Å²) in [5.41, 5.74) is 0. The maximum atomic E-state index is 11.8. The van der Waals surface area contributed by atoms with Crippen LogP contribution in [0.3, 0.4) is 0 Å². The van der Waals surface area contributed by atoms with Gasteiger partial charge in [-0.1, -0.05) is 0 Å². The molecule has 8 nitrogen and oxygen atoms in total. The second-order valence-corrected chi connectivity index (χ2v) is 9.38. The van der Waals surface area contributed by atoms with E-state index in [2.05, 4.69) is 14.8 Å². The van der Waals surface area contributed by atoms with E-state index in [0.717, 1.165) is 38.3 Å². The maximum Gasteiger partial charge on any atom is 0.227 e. The molecule has 4 rings (SSSR count). The molecule has 1 aromatic heterocycles. The van der Waals surface area contributed by atoms with Crippen molar-refractivity contribution in [3.63, 3.8) is 0 Å². The summed E-state index contributed by atoms with van der Waals surface area (Å²) < 4.78 is 35.2. The average molecular weight is 382 g/mol. The van der Waals surface area contributed by atoms with Gasteiger partial charge in [-0.2, -0.15) is 4.98 Å². The van der Waals surface area contributed by atoms with Crippen molar-refractivity contribution < 1.29 is 17.9 Å². The second-order valence-electron chi connectivity index (χ2n) is 7.15. The van der Waals surface area contributed by atoms with Gasteiger partial charge in [0.25, 0.3) is 0 Å². The van der Waals surface area contributed by atoms with Gasteiger partial charge in [0.05, 0.1) is 24.7 Å². The zero-order valence-corrected chi connectivity index (χ0v) is 15.9. The minimum atomic E-state index is -2.93. The molecular formula is C17H26N4O4S. The Balaban J connectivity index is 1.48. The van der Waals surface area contributed by atoms with Crippen molar-refractivity contribution in [2.45, 2.75) is 38.0 Å². The molecule has 9 heteroatoms. The van der Waals surface area contributed by atoms with Gasteiger partial charge in [0.15, 0.2) is 15.6 Å². The average Bonchev–Trinajstić information content (AvgIpc) is 3.23. The third-order valence-corrected chi connectivity index (χ3v) is 7.28. The number of nitrogens with zero attached hydrogens (tertiary/aromatic N) is 4. The lowest BCUT2D eigenvalue weighted by Gasteiger charge is -2.37. The van der Waals surface area contributed by atoms with Crippen LogP contribution in [0.15, 0.2) is 12.3 Å². The Morgan fingerprint density at radius 3 is 2.65 bits per heavy atom. The molecule has 0 aromatic carbocycles. The van der Waals surface area contributed by atoms with Gasteiger partial charge >= 0.3 is 0 Å². The molecule has 26 heavy (non-hydrogen) atoms. The highest BCUT2D eigenvalue weighted by Gasteiger charge is 2.40. The monoisotopic (exact) mass is 382 g/mol. The van der Waals surface area contributed by atoms with E-state index >= 15 is 0 Å². The molecule has 0 saturated carbocycles. The molecule has 3 saturated heterocycles. The van der Waals surface area contributed by atoms with E-state index in [4.69, 9.17) is 14.5 Å². The molecule has 1 atom stereocenters. The van der Waals surface area contributed by atoms with Crippen molar-refractivity contribution in [1.82, 2.24) is 9.97 Å². The lowest BCUT2D eigenvalue weighted by Crippen LogP contribution is -2.46. The molecule has 3 aliphatic rings. The first kappa shape index (κ1) is 17.9. The van der Waals surface area contributed by atoms with Crippen LogP contribution in [-0.4, -0.2) is 74.6 Å². The highest BCUT2D eigenvalue weighted by atomic mass is 32.2. The van der Waals surface area contributed by atoms with Crippen molar-refractivity contribution in [3.05, 3.63) is 12.3 Å². The van der Waals surface area contributed by atoms with Crippen molar-refractivity contribution in [3.8, 4) is 0 Å². The third-order valence-electron chi connectivity index (χ3n) is 5.53. The SMILES string of the molecule is CCN(c1ccnc(N2CCC3(CC2)OCCO3)n1)C1CCS(=O)(=O)C1. The van der Waals surface area contributed by atoms with Gasteiger partial charge in [-0.15, -0.1) is 0 Å². The number of piperidine rings is 1. The van der Waals surface area contributed by atoms with Crippen LogP contribution < -0.4 is 9.80 Å². The summed E-state index contributed by atoms with van der Waals surface area (Å²) in [5, 5.41) is 0. The highest BCUT2D eigenvalue weighted by Crippen LogP contribution is 2.32. The van der Waals surface area contributed by atoms with Crippen molar-refractivity contribution >= 4 is 21.6 Å². The first-order valence-electron chi connectivity index (χ1n) is 9.33. The molecule has 144 valence electrons. The smallest absolute Gasteiger partial charge is 0.227 e. The van der Waals surface area contributed by atoms with E-state index in [1.54, 1.807) is 6.20 Å². The summed E-state index contributed by atoms with van der Waals surface area (Å²) in [6.45, 7) is 5.66. The van der Waals surface area contributed by atoms with Gasteiger partial charge in [0.1, 0.15) is 5.82 Å². The van der Waals surface area contributed by atoms with Crippen LogP contribution in [0.2, 0.25) is 0 Å². The van der Waals surface area contributed by atoms with Crippen LogP contribution >= 0.6 is 0 Å². The second kappa shape index (κ2) is 6.94. The maximum absolute atomic E-state index is 11.8. The summed E-state index contributed by atoms with van der Waals surface area (Å²) in [6, 6.07) is 1.87. The van der Waals surface area contributed by atoms with Crippen LogP contribution in [0.1, 0.15) is 26.2 Å². The van der Waals surface area contributed by atoms with E-state index in [1.165, 1.54) is 0 Å². The van der Waals surface area contributed by atoms with Crippen molar-refractivity contribution in [2.24, 2.45) is 0 Å². The Bertz CT molecular complexity index is 741. The van der Waals surface area contributed by atoms with Gasteiger partial charge < -0.3 is 19.3 Å². The molecule has 0 N–H and O–H groups in total. The van der Waals surface area contributed by atoms with Crippen LogP contribution in [-0.2, 0) is 19.3 Å². The van der Waals surface area contributed by atoms with E-state index in [1.807, 2.05) is 13.0 Å². The summed E-state index contributed by atoms with van der Waals surface area (Å²) in [4.78, 5) is 13.4. The molecule has 4 heterocycles. The van der Waals surface area contributed by atoms with E-state index < -0.39 is 15.6 Å². The summed E-state index contributed by atoms with van der Waals surface area (Å²) >= 11 is 0. The number of aromatic nitrogens is 2. The number of hydrogen-bond acceptors (Lipinski definition) is 8. The van der Waals surface area contributed by atoms with Gasteiger partial charge in [-0.25, -0.2) is 13.4 Å². The van der Waals surface area contributed by atoms with E-state index in [9.17, 15) is 8.42 Å². The number of anilines is 2. The third kappa shape index (κ3) is 3.52. The molecule has 0 amide bonds. The molecule has 1 aromatic rings. The number of hydrogen-bond donors (Lipinski definition) is 0. The topological polar surface area (TPSA) is 84.9 Å². The number of rotatable bonds is 4. The Hall–Kier alpha value is -1.45. The summed E-state index contributed by atoms with van der Waals surface area (Å²) in [5.74, 6) is 1.55. The van der Waals surface area contributed by atoms with Crippen LogP contribution in [0.25, 0.3) is 0 Å². The Morgan fingerprint density at radius 2 is 2.04 bits per heavy atom. The molecule has 1 unspecified atom stereocenters. The Morgan fingerprint density at radius 1 is 1.31 bits per heavy atom. The Kier molecular flexibility index (Phi) is 4.79. The van der Waals surface area contributed by atoms with Gasteiger partial charge in [-0.3, -0.25) is 0 Å². The minimum Gasteiger partial charge on any atom is -0.353 e. The molecule has 0 radical (unpaired) electrons. The largest absolute Gasteiger partial charge is 0.353 e. The predicted molar refractivity (Wildman–Crippen MR) is 98.2 cm³/mol. The predicted octanol–water partition coefficient (Wildman–Crippen LogP) is 0.833. The van der Waals surface area contributed by atoms with Crippen LogP contribution in [0, 0.1) is 0 Å². The number of sulfone groups is 1. The molecule has 1 spiro atoms. The quantitative estimate of drug-likeness (QED) is 0.757. The molecule has 3 fully saturated rings. The normalized spacial score (nSPS) is 27.1. The fraction of sp³-hybridized carbons (Fsp3) is 0.765. The van der Waals surface area contributed by atoms with Gasteiger partial charge in [-0.05, 0) is 19.4 Å². The van der Waals surface area contributed by atoms with E-state index in [0.29, 0.717) is 25.6 Å². The van der Waals surface area contributed by atoms with Crippen LogP contribution in [0.4, 0.5) is 11.8 Å². The zero-order valence-electron chi connectivity index (χ0n) is 15.1.